The number of aliphatic hydroxyl groups is 1. The quantitative estimate of drug-likeness (QED) is 0.849. The van der Waals surface area contributed by atoms with Gasteiger partial charge in [-0.1, -0.05) is 25.0 Å². The van der Waals surface area contributed by atoms with Gasteiger partial charge in [-0.15, -0.1) is 0 Å². The van der Waals surface area contributed by atoms with Crippen LogP contribution in [-0.4, -0.2) is 23.7 Å². The first-order valence-electron chi connectivity index (χ1n) is 8.33. The van der Waals surface area contributed by atoms with Crippen molar-refractivity contribution in [2.45, 2.75) is 56.4 Å². The van der Waals surface area contributed by atoms with E-state index in [2.05, 4.69) is 5.32 Å². The van der Waals surface area contributed by atoms with E-state index < -0.39 is 5.41 Å². The molecule has 0 heterocycles. The fourth-order valence-electron chi connectivity index (χ4n) is 3.78. The monoisotopic (exact) mass is 305 g/mol. The van der Waals surface area contributed by atoms with Gasteiger partial charge in [-0.3, -0.25) is 4.79 Å². The van der Waals surface area contributed by atoms with Crippen molar-refractivity contribution in [3.05, 3.63) is 35.6 Å². The van der Waals surface area contributed by atoms with Gasteiger partial charge in [-0.05, 0) is 55.7 Å². The van der Waals surface area contributed by atoms with Gasteiger partial charge in [0.2, 0.25) is 5.91 Å². The summed E-state index contributed by atoms with van der Waals surface area (Å²) in [6.45, 7) is 0.0917. The van der Waals surface area contributed by atoms with E-state index in [0.29, 0.717) is 12.3 Å². The summed E-state index contributed by atoms with van der Waals surface area (Å²) in [7, 11) is 0. The number of hydrogen-bond acceptors (Lipinski definition) is 2. The predicted octanol–water partition coefficient (Wildman–Crippen LogP) is 2.91. The summed E-state index contributed by atoms with van der Waals surface area (Å²) in [4.78, 5) is 13.0. The van der Waals surface area contributed by atoms with E-state index in [9.17, 15) is 14.3 Å². The molecule has 22 heavy (non-hydrogen) atoms. The summed E-state index contributed by atoms with van der Waals surface area (Å²) in [5.41, 5.74) is 0.200. The predicted molar refractivity (Wildman–Crippen MR) is 82.9 cm³/mol. The molecule has 1 aromatic rings. The number of nitrogens with one attached hydrogen (secondary N) is 1. The van der Waals surface area contributed by atoms with Gasteiger partial charge in [0, 0.05) is 12.6 Å². The van der Waals surface area contributed by atoms with Crippen LogP contribution in [0, 0.1) is 11.7 Å². The maximum atomic E-state index is 13.6. The number of carbonyl (C=O) groups is 1. The molecule has 1 atom stereocenters. The van der Waals surface area contributed by atoms with Crippen LogP contribution in [-0.2, 0) is 10.2 Å². The van der Waals surface area contributed by atoms with Crippen LogP contribution < -0.4 is 5.32 Å². The molecule has 0 aliphatic heterocycles. The van der Waals surface area contributed by atoms with Crippen LogP contribution in [0.25, 0.3) is 0 Å². The maximum Gasteiger partial charge on any atom is 0.230 e. The second kappa shape index (κ2) is 6.37. The van der Waals surface area contributed by atoms with Crippen LogP contribution >= 0.6 is 0 Å². The summed E-state index contributed by atoms with van der Waals surface area (Å²) in [6, 6.07) is 6.53. The third-order valence-electron chi connectivity index (χ3n) is 5.22. The van der Waals surface area contributed by atoms with Gasteiger partial charge in [-0.2, -0.15) is 0 Å². The number of rotatable bonds is 6. The Kier molecular flexibility index (Phi) is 4.48. The van der Waals surface area contributed by atoms with E-state index in [1.54, 1.807) is 6.07 Å². The lowest BCUT2D eigenvalue weighted by Crippen LogP contribution is -2.48. The minimum absolute atomic E-state index is 0.0148. The van der Waals surface area contributed by atoms with Crippen molar-refractivity contribution in [3.63, 3.8) is 0 Å². The molecule has 2 aliphatic rings. The van der Waals surface area contributed by atoms with Crippen molar-refractivity contribution in [1.29, 1.82) is 0 Å². The summed E-state index contributed by atoms with van der Waals surface area (Å²) < 4.78 is 13.6. The molecule has 0 saturated heterocycles. The Bertz CT molecular complexity index is 536. The molecular weight excluding hydrogens is 281 g/mol. The molecular formula is C18H24FNO2. The Hall–Kier alpha value is -1.42. The van der Waals surface area contributed by atoms with Crippen molar-refractivity contribution in [2.75, 3.05) is 6.61 Å². The Morgan fingerprint density at radius 1 is 1.36 bits per heavy atom. The van der Waals surface area contributed by atoms with Crippen molar-refractivity contribution < 1.29 is 14.3 Å². The number of carbonyl (C=O) groups excluding carboxylic acids is 1. The molecule has 4 heteroatoms. The first-order chi connectivity index (χ1) is 10.7. The molecule has 2 fully saturated rings. The van der Waals surface area contributed by atoms with Crippen molar-refractivity contribution in [3.8, 4) is 0 Å². The van der Waals surface area contributed by atoms with E-state index in [1.165, 1.54) is 12.1 Å². The molecule has 0 aromatic heterocycles. The Balaban J connectivity index is 1.82. The van der Waals surface area contributed by atoms with Gasteiger partial charge < -0.3 is 10.4 Å². The van der Waals surface area contributed by atoms with Gasteiger partial charge >= 0.3 is 0 Å². The summed E-state index contributed by atoms with van der Waals surface area (Å²) in [6.07, 6.45) is 6.40. The summed E-state index contributed by atoms with van der Waals surface area (Å²) >= 11 is 0. The van der Waals surface area contributed by atoms with E-state index in [1.807, 2.05) is 6.07 Å². The smallest absolute Gasteiger partial charge is 0.230 e. The normalized spacial score (nSPS) is 21.5. The lowest BCUT2D eigenvalue weighted by atomic mass is 9.77. The molecule has 2 saturated carbocycles. The zero-order valence-corrected chi connectivity index (χ0v) is 12.9. The van der Waals surface area contributed by atoms with Crippen LogP contribution in [0.5, 0.6) is 0 Å². The molecule has 3 rings (SSSR count). The zero-order valence-electron chi connectivity index (χ0n) is 12.9. The van der Waals surface area contributed by atoms with Crippen LogP contribution in [0.4, 0.5) is 4.39 Å². The highest BCUT2D eigenvalue weighted by Crippen LogP contribution is 2.42. The third kappa shape index (κ3) is 3.02. The standard InChI is InChI=1S/C18H24FNO2/c19-15-5-3-4-14(12-15)18(9-1-2-10-18)17(22)20-16(8-11-21)13-6-7-13/h3-5,12-13,16,21H,1-2,6-11H2,(H,20,22). The highest BCUT2D eigenvalue weighted by molar-refractivity contribution is 5.88. The average Bonchev–Trinajstić information content (AvgIpc) is 3.23. The largest absolute Gasteiger partial charge is 0.396 e. The van der Waals surface area contributed by atoms with Gasteiger partial charge in [-0.25, -0.2) is 4.39 Å². The van der Waals surface area contributed by atoms with Crippen LogP contribution in [0.3, 0.4) is 0 Å². The van der Waals surface area contributed by atoms with E-state index in [4.69, 9.17) is 0 Å². The van der Waals surface area contributed by atoms with Crippen molar-refractivity contribution in [2.24, 2.45) is 5.92 Å². The van der Waals surface area contributed by atoms with Crippen molar-refractivity contribution >= 4 is 5.91 Å². The van der Waals surface area contributed by atoms with Crippen molar-refractivity contribution in [1.82, 2.24) is 5.32 Å². The van der Waals surface area contributed by atoms with E-state index in [0.717, 1.165) is 44.1 Å². The Morgan fingerprint density at radius 3 is 2.68 bits per heavy atom. The highest BCUT2D eigenvalue weighted by Gasteiger charge is 2.44. The maximum absolute atomic E-state index is 13.6. The first-order valence-corrected chi connectivity index (χ1v) is 8.33. The molecule has 2 aliphatic carbocycles. The molecule has 0 radical (unpaired) electrons. The fraction of sp³-hybridized carbons (Fsp3) is 0.611. The molecule has 1 amide bonds. The van der Waals surface area contributed by atoms with E-state index >= 15 is 0 Å². The third-order valence-corrected chi connectivity index (χ3v) is 5.22. The van der Waals surface area contributed by atoms with Gasteiger partial charge in [0.1, 0.15) is 5.82 Å². The minimum Gasteiger partial charge on any atom is -0.396 e. The number of amides is 1. The molecule has 120 valence electrons. The second-order valence-electron chi connectivity index (χ2n) is 6.73. The minimum atomic E-state index is -0.593. The molecule has 0 bridgehead atoms. The van der Waals surface area contributed by atoms with Gasteiger partial charge in [0.05, 0.1) is 5.41 Å². The SMILES string of the molecule is O=C(NC(CCO)C1CC1)C1(c2cccc(F)c2)CCCC1. The topological polar surface area (TPSA) is 49.3 Å². The molecule has 1 aromatic carbocycles. The molecule has 2 N–H and O–H groups in total. The van der Waals surface area contributed by atoms with Crippen LogP contribution in [0.1, 0.15) is 50.5 Å². The zero-order chi connectivity index (χ0) is 15.6. The number of benzene rings is 1. The summed E-state index contributed by atoms with van der Waals surface area (Å²) in [5, 5.41) is 12.4. The Morgan fingerprint density at radius 2 is 2.09 bits per heavy atom. The highest BCUT2D eigenvalue weighted by atomic mass is 19.1. The number of hydrogen-bond donors (Lipinski definition) is 2. The number of halogens is 1. The first kappa shape index (κ1) is 15.5. The van der Waals surface area contributed by atoms with E-state index in [-0.39, 0.29) is 24.4 Å². The van der Waals surface area contributed by atoms with Crippen LogP contribution in [0.15, 0.2) is 24.3 Å². The van der Waals surface area contributed by atoms with Gasteiger partial charge in [0.15, 0.2) is 0 Å². The lowest BCUT2D eigenvalue weighted by molar-refractivity contribution is -0.127. The number of aliphatic hydroxyl groups excluding tert-OH is 1. The average molecular weight is 305 g/mol. The van der Waals surface area contributed by atoms with Crippen LogP contribution in [0.2, 0.25) is 0 Å². The fourth-order valence-corrected chi connectivity index (χ4v) is 3.78. The molecule has 1 unspecified atom stereocenters. The lowest BCUT2D eigenvalue weighted by Gasteiger charge is -2.31. The second-order valence-corrected chi connectivity index (χ2v) is 6.73. The van der Waals surface area contributed by atoms with Gasteiger partial charge in [0.25, 0.3) is 0 Å². The Labute approximate surface area is 130 Å². The molecule has 0 spiro atoms. The summed E-state index contributed by atoms with van der Waals surface area (Å²) in [5.74, 6) is 0.230. The molecule has 3 nitrogen and oxygen atoms in total.